The topological polar surface area (TPSA) is 97.6 Å². The average Bonchev–Trinajstić information content (AvgIpc) is 3.37. The third kappa shape index (κ3) is 3.39. The standard InChI is InChI=1S/C19H24N6O3/c1-19(2,3)28-18(26)24-6-5-12(11-24)15-7-16(27-4)25-17(23-15)14(10-22-25)13-8-20-21-9-13/h7-10,12H,5-6,11H2,1-4H3,(H,20,21). The molecule has 1 fully saturated rings. The largest absolute Gasteiger partial charge is 0.481 e. The predicted molar refractivity (Wildman–Crippen MR) is 102 cm³/mol. The zero-order valence-electron chi connectivity index (χ0n) is 16.5. The molecule has 0 spiro atoms. The summed E-state index contributed by atoms with van der Waals surface area (Å²) < 4.78 is 12.7. The molecule has 0 radical (unpaired) electrons. The van der Waals surface area contributed by atoms with Crippen LogP contribution in [0, 0.1) is 0 Å². The number of H-pyrrole nitrogens is 1. The van der Waals surface area contributed by atoms with E-state index >= 15 is 0 Å². The summed E-state index contributed by atoms with van der Waals surface area (Å²) in [6.45, 7) is 6.82. The molecule has 3 aromatic heterocycles. The van der Waals surface area contributed by atoms with Gasteiger partial charge in [-0.2, -0.15) is 14.7 Å². The number of fused-ring (bicyclic) bond motifs is 1. The second kappa shape index (κ2) is 6.81. The number of aromatic nitrogens is 5. The van der Waals surface area contributed by atoms with Gasteiger partial charge in [0.15, 0.2) is 5.65 Å². The lowest BCUT2D eigenvalue weighted by molar-refractivity contribution is 0.0292. The van der Waals surface area contributed by atoms with Crippen LogP contribution in [0.4, 0.5) is 4.79 Å². The molecule has 1 unspecified atom stereocenters. The third-order valence-electron chi connectivity index (χ3n) is 4.74. The van der Waals surface area contributed by atoms with Crippen molar-refractivity contribution in [1.82, 2.24) is 29.7 Å². The highest BCUT2D eigenvalue weighted by molar-refractivity contribution is 5.76. The lowest BCUT2D eigenvalue weighted by atomic mass is 10.0. The molecule has 1 amide bonds. The molecule has 0 saturated carbocycles. The van der Waals surface area contributed by atoms with Crippen LogP contribution < -0.4 is 4.74 Å². The molecule has 1 aliphatic rings. The molecule has 148 valence electrons. The Bertz CT molecular complexity index is 989. The highest BCUT2D eigenvalue weighted by Gasteiger charge is 2.32. The number of nitrogens with one attached hydrogen (secondary N) is 1. The summed E-state index contributed by atoms with van der Waals surface area (Å²) in [6, 6.07) is 1.89. The predicted octanol–water partition coefficient (Wildman–Crippen LogP) is 2.85. The quantitative estimate of drug-likeness (QED) is 0.746. The Labute approximate surface area is 162 Å². The van der Waals surface area contributed by atoms with Crippen molar-refractivity contribution in [3.63, 3.8) is 0 Å². The van der Waals surface area contributed by atoms with Gasteiger partial charge in [0, 0.05) is 42.4 Å². The van der Waals surface area contributed by atoms with Crippen LogP contribution in [0.5, 0.6) is 5.88 Å². The number of nitrogens with zero attached hydrogens (tertiary/aromatic N) is 5. The van der Waals surface area contributed by atoms with Crippen molar-refractivity contribution in [1.29, 1.82) is 0 Å². The number of hydrogen-bond acceptors (Lipinski definition) is 6. The van der Waals surface area contributed by atoms with Gasteiger partial charge < -0.3 is 14.4 Å². The minimum Gasteiger partial charge on any atom is -0.481 e. The fourth-order valence-electron chi connectivity index (χ4n) is 3.40. The summed E-state index contributed by atoms with van der Waals surface area (Å²) in [5.74, 6) is 0.712. The average molecular weight is 384 g/mol. The van der Waals surface area contributed by atoms with Gasteiger partial charge in [0.05, 0.1) is 25.2 Å². The Kier molecular flexibility index (Phi) is 4.44. The van der Waals surface area contributed by atoms with Crippen LogP contribution in [0.3, 0.4) is 0 Å². The normalized spacial score (nSPS) is 17.3. The Hall–Kier alpha value is -3.10. The van der Waals surface area contributed by atoms with Gasteiger partial charge in [0.2, 0.25) is 5.88 Å². The SMILES string of the molecule is COc1cc(C2CCN(C(=O)OC(C)(C)C)C2)nc2c(-c3cn[nH]c3)cnn12. The molecule has 28 heavy (non-hydrogen) atoms. The summed E-state index contributed by atoms with van der Waals surface area (Å²) in [6.07, 6.45) is 5.82. The van der Waals surface area contributed by atoms with Gasteiger partial charge >= 0.3 is 6.09 Å². The lowest BCUT2D eigenvalue weighted by Crippen LogP contribution is -2.35. The summed E-state index contributed by atoms with van der Waals surface area (Å²) in [7, 11) is 1.61. The van der Waals surface area contributed by atoms with Crippen molar-refractivity contribution in [2.75, 3.05) is 20.2 Å². The van der Waals surface area contributed by atoms with E-state index < -0.39 is 5.60 Å². The molecule has 9 nitrogen and oxygen atoms in total. The minimum atomic E-state index is -0.507. The van der Waals surface area contributed by atoms with Crippen molar-refractivity contribution >= 4 is 11.7 Å². The first-order chi connectivity index (χ1) is 13.4. The number of hydrogen-bond donors (Lipinski definition) is 1. The molecule has 1 atom stereocenters. The Morgan fingerprint density at radius 3 is 2.82 bits per heavy atom. The molecule has 0 aromatic carbocycles. The van der Waals surface area contributed by atoms with Crippen LogP contribution in [0.15, 0.2) is 24.7 Å². The molecular formula is C19H24N6O3. The highest BCUT2D eigenvalue weighted by atomic mass is 16.6. The highest BCUT2D eigenvalue weighted by Crippen LogP contribution is 2.32. The van der Waals surface area contributed by atoms with Crippen LogP contribution >= 0.6 is 0 Å². The van der Waals surface area contributed by atoms with Crippen LogP contribution in [0.2, 0.25) is 0 Å². The van der Waals surface area contributed by atoms with E-state index in [2.05, 4.69) is 15.3 Å². The van der Waals surface area contributed by atoms with Gasteiger partial charge in [-0.05, 0) is 27.2 Å². The van der Waals surface area contributed by atoms with Gasteiger partial charge in [-0.25, -0.2) is 9.78 Å². The second-order valence-corrected chi connectivity index (χ2v) is 7.92. The molecule has 4 rings (SSSR count). The van der Waals surface area contributed by atoms with Crippen LogP contribution in [0.25, 0.3) is 16.8 Å². The number of carbonyl (C=O) groups is 1. The van der Waals surface area contributed by atoms with Gasteiger partial charge in [-0.1, -0.05) is 0 Å². The van der Waals surface area contributed by atoms with Gasteiger partial charge in [0.25, 0.3) is 0 Å². The van der Waals surface area contributed by atoms with E-state index in [1.54, 1.807) is 35.1 Å². The number of methoxy groups -OCH3 is 1. The number of aromatic amines is 1. The van der Waals surface area contributed by atoms with Crippen LogP contribution in [0.1, 0.15) is 38.8 Å². The van der Waals surface area contributed by atoms with E-state index in [4.69, 9.17) is 14.5 Å². The Morgan fingerprint density at radius 1 is 1.32 bits per heavy atom. The van der Waals surface area contributed by atoms with Crippen molar-refractivity contribution < 1.29 is 14.3 Å². The number of carbonyl (C=O) groups excluding carboxylic acids is 1. The zero-order chi connectivity index (χ0) is 19.9. The van der Waals surface area contributed by atoms with E-state index in [1.807, 2.05) is 26.8 Å². The second-order valence-electron chi connectivity index (χ2n) is 7.92. The molecule has 1 saturated heterocycles. The first-order valence-electron chi connectivity index (χ1n) is 9.25. The van der Waals surface area contributed by atoms with Crippen molar-refractivity contribution in [2.45, 2.75) is 38.7 Å². The maximum Gasteiger partial charge on any atom is 0.410 e. The summed E-state index contributed by atoms with van der Waals surface area (Å²) in [5, 5.41) is 11.2. The van der Waals surface area contributed by atoms with Gasteiger partial charge in [-0.3, -0.25) is 5.10 Å². The van der Waals surface area contributed by atoms with Crippen molar-refractivity contribution in [3.05, 3.63) is 30.4 Å². The first kappa shape index (κ1) is 18.3. The summed E-state index contributed by atoms with van der Waals surface area (Å²) in [5.41, 5.74) is 2.85. The number of likely N-dealkylation sites (tertiary alicyclic amines) is 1. The molecule has 0 bridgehead atoms. The monoisotopic (exact) mass is 384 g/mol. The van der Waals surface area contributed by atoms with Crippen molar-refractivity contribution in [2.24, 2.45) is 0 Å². The number of rotatable bonds is 3. The fraction of sp³-hybridized carbons (Fsp3) is 0.474. The molecule has 3 aromatic rings. The van der Waals surface area contributed by atoms with E-state index in [0.29, 0.717) is 24.6 Å². The fourth-order valence-corrected chi connectivity index (χ4v) is 3.40. The van der Waals surface area contributed by atoms with Crippen LogP contribution in [-0.4, -0.2) is 61.6 Å². The lowest BCUT2D eigenvalue weighted by Gasteiger charge is -2.24. The summed E-state index contributed by atoms with van der Waals surface area (Å²) in [4.78, 5) is 19.0. The molecular weight excluding hydrogens is 360 g/mol. The molecule has 1 N–H and O–H groups in total. The van der Waals surface area contributed by atoms with Crippen LogP contribution in [-0.2, 0) is 4.74 Å². The molecule has 1 aliphatic heterocycles. The summed E-state index contributed by atoms with van der Waals surface area (Å²) >= 11 is 0. The Balaban J connectivity index is 1.64. The van der Waals surface area contributed by atoms with E-state index in [0.717, 1.165) is 23.2 Å². The smallest absolute Gasteiger partial charge is 0.410 e. The third-order valence-corrected chi connectivity index (χ3v) is 4.74. The van der Waals surface area contributed by atoms with E-state index in [1.165, 1.54) is 0 Å². The van der Waals surface area contributed by atoms with Crippen molar-refractivity contribution in [3.8, 4) is 17.0 Å². The molecule has 4 heterocycles. The number of ether oxygens (including phenoxy) is 2. The van der Waals surface area contributed by atoms with E-state index in [9.17, 15) is 4.79 Å². The minimum absolute atomic E-state index is 0.110. The van der Waals surface area contributed by atoms with E-state index in [-0.39, 0.29) is 12.0 Å². The van der Waals surface area contributed by atoms with Gasteiger partial charge in [-0.15, -0.1) is 0 Å². The Morgan fingerprint density at radius 2 is 2.14 bits per heavy atom. The first-order valence-corrected chi connectivity index (χ1v) is 9.25. The number of amides is 1. The maximum atomic E-state index is 12.4. The zero-order valence-corrected chi connectivity index (χ0v) is 16.5. The van der Waals surface area contributed by atoms with Gasteiger partial charge in [0.1, 0.15) is 5.60 Å². The molecule has 0 aliphatic carbocycles. The molecule has 9 heteroatoms. The maximum absolute atomic E-state index is 12.4.